The molecule has 2 saturated heterocycles. The molecule has 1 amide bonds. The number of nitrogens with zero attached hydrogens (tertiary/aromatic N) is 2. The molecule has 0 aliphatic carbocycles. The SMILES string of the molecule is CC(Oc1ccc(Cl)cc1Cl)C(=O)N1CCN2CCCC2C1. The summed E-state index contributed by atoms with van der Waals surface area (Å²) in [4.78, 5) is 17.0. The van der Waals surface area contributed by atoms with Crippen molar-refractivity contribution in [2.24, 2.45) is 0 Å². The van der Waals surface area contributed by atoms with E-state index in [1.54, 1.807) is 25.1 Å². The number of halogens is 2. The first kappa shape index (κ1) is 15.9. The van der Waals surface area contributed by atoms with Crippen LogP contribution in [0, 0.1) is 0 Å². The lowest BCUT2D eigenvalue weighted by Crippen LogP contribution is -2.54. The largest absolute Gasteiger partial charge is 0.479 e. The van der Waals surface area contributed by atoms with Crippen molar-refractivity contribution in [3.63, 3.8) is 0 Å². The number of carbonyl (C=O) groups excluding carboxylic acids is 1. The fraction of sp³-hybridized carbons (Fsp3) is 0.562. The smallest absolute Gasteiger partial charge is 0.263 e. The van der Waals surface area contributed by atoms with Gasteiger partial charge in [0, 0.05) is 30.7 Å². The van der Waals surface area contributed by atoms with Gasteiger partial charge in [-0.05, 0) is 44.5 Å². The number of ether oxygens (including phenoxy) is 1. The molecule has 1 aromatic carbocycles. The minimum Gasteiger partial charge on any atom is -0.479 e. The quantitative estimate of drug-likeness (QED) is 0.846. The highest BCUT2D eigenvalue weighted by molar-refractivity contribution is 6.35. The molecule has 2 unspecified atom stereocenters. The maximum absolute atomic E-state index is 12.6. The van der Waals surface area contributed by atoms with E-state index < -0.39 is 6.10 Å². The van der Waals surface area contributed by atoms with E-state index in [1.807, 2.05) is 4.90 Å². The Bertz CT molecular complexity index is 567. The van der Waals surface area contributed by atoms with Crippen molar-refractivity contribution >= 4 is 29.1 Å². The number of hydrogen-bond acceptors (Lipinski definition) is 3. The van der Waals surface area contributed by atoms with E-state index in [2.05, 4.69) is 4.90 Å². The lowest BCUT2D eigenvalue weighted by atomic mass is 10.1. The van der Waals surface area contributed by atoms with Crippen molar-refractivity contribution < 1.29 is 9.53 Å². The average Bonchev–Trinajstić information content (AvgIpc) is 2.96. The number of hydrogen-bond donors (Lipinski definition) is 0. The monoisotopic (exact) mass is 342 g/mol. The van der Waals surface area contributed by atoms with Gasteiger partial charge in [0.25, 0.3) is 5.91 Å². The standard InChI is InChI=1S/C16H20Cl2N2O2/c1-11(22-15-5-4-12(17)9-14(15)18)16(21)20-8-7-19-6-2-3-13(19)10-20/h4-5,9,11,13H,2-3,6-8,10H2,1H3. The van der Waals surface area contributed by atoms with Gasteiger partial charge in [-0.1, -0.05) is 23.2 Å². The number of rotatable bonds is 3. The predicted molar refractivity (Wildman–Crippen MR) is 87.7 cm³/mol. The lowest BCUT2D eigenvalue weighted by Gasteiger charge is -2.38. The molecule has 0 N–H and O–H groups in total. The second-order valence-corrected chi connectivity index (χ2v) is 6.79. The van der Waals surface area contributed by atoms with Crippen LogP contribution < -0.4 is 4.74 Å². The Balaban J connectivity index is 1.62. The molecule has 0 bridgehead atoms. The zero-order valence-corrected chi connectivity index (χ0v) is 14.1. The van der Waals surface area contributed by atoms with Crippen LogP contribution in [0.25, 0.3) is 0 Å². The van der Waals surface area contributed by atoms with Crippen molar-refractivity contribution in [3.8, 4) is 5.75 Å². The van der Waals surface area contributed by atoms with E-state index in [-0.39, 0.29) is 5.91 Å². The topological polar surface area (TPSA) is 32.8 Å². The first-order valence-electron chi connectivity index (χ1n) is 7.69. The Kier molecular flexibility index (Phi) is 4.81. The second-order valence-electron chi connectivity index (χ2n) is 5.95. The molecule has 2 atom stereocenters. The molecular weight excluding hydrogens is 323 g/mol. The zero-order valence-electron chi connectivity index (χ0n) is 12.6. The molecule has 2 aliphatic rings. The van der Waals surface area contributed by atoms with Gasteiger partial charge in [0.05, 0.1) is 5.02 Å². The molecule has 3 rings (SSSR count). The molecule has 0 spiro atoms. The van der Waals surface area contributed by atoms with Crippen LogP contribution in [0.2, 0.25) is 10.0 Å². The Morgan fingerprint density at radius 3 is 2.91 bits per heavy atom. The molecule has 0 radical (unpaired) electrons. The van der Waals surface area contributed by atoms with Gasteiger partial charge in [-0.2, -0.15) is 0 Å². The van der Waals surface area contributed by atoms with Crippen molar-refractivity contribution in [2.75, 3.05) is 26.2 Å². The third-order valence-electron chi connectivity index (χ3n) is 4.44. The number of amides is 1. The van der Waals surface area contributed by atoms with Crippen LogP contribution in [0.3, 0.4) is 0 Å². The van der Waals surface area contributed by atoms with Crippen LogP contribution in [-0.2, 0) is 4.79 Å². The molecule has 2 fully saturated rings. The van der Waals surface area contributed by atoms with Gasteiger partial charge in [0.2, 0.25) is 0 Å². The van der Waals surface area contributed by atoms with Gasteiger partial charge < -0.3 is 9.64 Å². The number of piperazine rings is 1. The Morgan fingerprint density at radius 2 is 2.14 bits per heavy atom. The van der Waals surface area contributed by atoms with Crippen molar-refractivity contribution in [2.45, 2.75) is 31.9 Å². The molecule has 22 heavy (non-hydrogen) atoms. The Hall–Kier alpha value is -0.970. The highest BCUT2D eigenvalue weighted by Gasteiger charge is 2.34. The number of carbonyl (C=O) groups is 1. The summed E-state index contributed by atoms with van der Waals surface area (Å²) in [6.45, 7) is 5.48. The summed E-state index contributed by atoms with van der Waals surface area (Å²) < 4.78 is 5.73. The maximum Gasteiger partial charge on any atom is 0.263 e. The summed E-state index contributed by atoms with van der Waals surface area (Å²) in [5, 5.41) is 0.974. The lowest BCUT2D eigenvalue weighted by molar-refractivity contribution is -0.140. The van der Waals surface area contributed by atoms with Crippen LogP contribution in [-0.4, -0.2) is 54.0 Å². The summed E-state index contributed by atoms with van der Waals surface area (Å²) in [7, 11) is 0. The predicted octanol–water partition coefficient (Wildman–Crippen LogP) is 3.07. The fourth-order valence-electron chi connectivity index (χ4n) is 3.26. The molecular formula is C16H20Cl2N2O2. The van der Waals surface area contributed by atoms with E-state index in [0.29, 0.717) is 21.8 Å². The maximum atomic E-state index is 12.6. The van der Waals surface area contributed by atoms with E-state index in [1.165, 1.54) is 19.4 Å². The summed E-state index contributed by atoms with van der Waals surface area (Å²) in [5.41, 5.74) is 0. The molecule has 0 aromatic heterocycles. The molecule has 1 aromatic rings. The van der Waals surface area contributed by atoms with Gasteiger partial charge in [-0.3, -0.25) is 9.69 Å². The van der Waals surface area contributed by atoms with Crippen molar-refractivity contribution in [1.29, 1.82) is 0 Å². The van der Waals surface area contributed by atoms with Crippen LogP contribution in [0.5, 0.6) is 5.75 Å². The van der Waals surface area contributed by atoms with E-state index in [0.717, 1.165) is 19.6 Å². The summed E-state index contributed by atoms with van der Waals surface area (Å²) in [6.07, 6.45) is 1.87. The second kappa shape index (κ2) is 6.65. The van der Waals surface area contributed by atoms with E-state index >= 15 is 0 Å². The normalized spacial score (nSPS) is 23.2. The molecule has 6 heteroatoms. The van der Waals surface area contributed by atoms with E-state index in [4.69, 9.17) is 27.9 Å². The van der Waals surface area contributed by atoms with Gasteiger partial charge in [-0.15, -0.1) is 0 Å². The van der Waals surface area contributed by atoms with Crippen molar-refractivity contribution in [3.05, 3.63) is 28.2 Å². The van der Waals surface area contributed by atoms with Gasteiger partial charge in [0.15, 0.2) is 6.10 Å². The first-order chi connectivity index (χ1) is 10.5. The van der Waals surface area contributed by atoms with Gasteiger partial charge >= 0.3 is 0 Å². The third-order valence-corrected chi connectivity index (χ3v) is 4.97. The Labute approximate surface area is 140 Å². The average molecular weight is 343 g/mol. The summed E-state index contributed by atoms with van der Waals surface area (Å²) in [6, 6.07) is 5.54. The van der Waals surface area contributed by atoms with Crippen LogP contribution in [0.4, 0.5) is 0 Å². The minimum atomic E-state index is -0.549. The summed E-state index contributed by atoms with van der Waals surface area (Å²) in [5.74, 6) is 0.518. The fourth-order valence-corrected chi connectivity index (χ4v) is 3.71. The number of benzene rings is 1. The molecule has 2 aliphatic heterocycles. The van der Waals surface area contributed by atoms with E-state index in [9.17, 15) is 4.79 Å². The highest BCUT2D eigenvalue weighted by Crippen LogP contribution is 2.29. The van der Waals surface area contributed by atoms with Crippen LogP contribution in [0.1, 0.15) is 19.8 Å². The molecule has 120 valence electrons. The zero-order chi connectivity index (χ0) is 15.7. The van der Waals surface area contributed by atoms with Gasteiger partial charge in [-0.25, -0.2) is 0 Å². The first-order valence-corrected chi connectivity index (χ1v) is 8.45. The Morgan fingerprint density at radius 1 is 1.32 bits per heavy atom. The van der Waals surface area contributed by atoms with Crippen LogP contribution >= 0.6 is 23.2 Å². The van der Waals surface area contributed by atoms with Crippen LogP contribution in [0.15, 0.2) is 18.2 Å². The molecule has 0 saturated carbocycles. The third kappa shape index (κ3) is 3.34. The highest BCUT2D eigenvalue weighted by atomic mass is 35.5. The number of fused-ring (bicyclic) bond motifs is 1. The minimum absolute atomic E-state index is 0.0255. The summed E-state index contributed by atoms with van der Waals surface area (Å²) >= 11 is 12.0. The molecule has 4 nitrogen and oxygen atoms in total. The van der Waals surface area contributed by atoms with Crippen molar-refractivity contribution in [1.82, 2.24) is 9.80 Å². The molecule has 2 heterocycles. The van der Waals surface area contributed by atoms with Gasteiger partial charge in [0.1, 0.15) is 5.75 Å².